The SMILES string of the molecule is CCOC(=O)c1ccc(CO)c(S)c1C#N. The Labute approximate surface area is 98.9 Å². The van der Waals surface area contributed by atoms with Crippen LogP contribution in [0.2, 0.25) is 0 Å². The molecule has 16 heavy (non-hydrogen) atoms. The normalized spacial score (nSPS) is 9.62. The van der Waals surface area contributed by atoms with E-state index in [1.807, 2.05) is 6.07 Å². The number of hydrogen-bond donors (Lipinski definition) is 2. The zero-order valence-corrected chi connectivity index (χ0v) is 9.62. The van der Waals surface area contributed by atoms with Crippen LogP contribution in [0.25, 0.3) is 0 Å². The van der Waals surface area contributed by atoms with E-state index >= 15 is 0 Å². The van der Waals surface area contributed by atoms with Crippen LogP contribution < -0.4 is 0 Å². The average Bonchev–Trinajstić information content (AvgIpc) is 2.28. The molecule has 0 atom stereocenters. The maximum absolute atomic E-state index is 11.5. The van der Waals surface area contributed by atoms with Gasteiger partial charge in [-0.15, -0.1) is 12.6 Å². The molecular weight excluding hydrogens is 226 g/mol. The molecule has 0 saturated carbocycles. The lowest BCUT2D eigenvalue weighted by molar-refractivity contribution is 0.0525. The second-order valence-corrected chi connectivity index (χ2v) is 3.43. The van der Waals surface area contributed by atoms with Gasteiger partial charge >= 0.3 is 5.97 Å². The van der Waals surface area contributed by atoms with Crippen molar-refractivity contribution in [3.63, 3.8) is 0 Å². The van der Waals surface area contributed by atoms with Gasteiger partial charge in [0.05, 0.1) is 24.3 Å². The number of benzene rings is 1. The topological polar surface area (TPSA) is 70.3 Å². The van der Waals surface area contributed by atoms with Crippen molar-refractivity contribution in [2.45, 2.75) is 18.4 Å². The summed E-state index contributed by atoms with van der Waals surface area (Å²) in [6, 6.07) is 4.90. The Bertz CT molecular complexity index is 451. The number of carbonyl (C=O) groups excluding carboxylic acids is 1. The zero-order valence-electron chi connectivity index (χ0n) is 8.73. The molecule has 1 aromatic rings. The first-order valence-electron chi connectivity index (χ1n) is 4.68. The first-order valence-corrected chi connectivity index (χ1v) is 5.13. The highest BCUT2D eigenvalue weighted by Gasteiger charge is 2.16. The minimum atomic E-state index is -0.557. The Morgan fingerprint density at radius 2 is 2.31 bits per heavy atom. The van der Waals surface area contributed by atoms with E-state index in [2.05, 4.69) is 12.6 Å². The van der Waals surface area contributed by atoms with Gasteiger partial charge in [-0.1, -0.05) is 6.07 Å². The first-order chi connectivity index (χ1) is 7.65. The van der Waals surface area contributed by atoms with E-state index in [9.17, 15) is 4.79 Å². The maximum Gasteiger partial charge on any atom is 0.339 e. The summed E-state index contributed by atoms with van der Waals surface area (Å²) < 4.78 is 4.81. The summed E-state index contributed by atoms with van der Waals surface area (Å²) in [4.78, 5) is 11.8. The van der Waals surface area contributed by atoms with Gasteiger partial charge in [0.1, 0.15) is 6.07 Å². The molecule has 1 N–H and O–H groups in total. The molecular formula is C11H11NO3S. The van der Waals surface area contributed by atoms with Crippen LogP contribution in [0.3, 0.4) is 0 Å². The smallest absolute Gasteiger partial charge is 0.339 e. The molecule has 0 aliphatic heterocycles. The molecule has 5 heteroatoms. The summed E-state index contributed by atoms with van der Waals surface area (Å²) >= 11 is 4.11. The Morgan fingerprint density at radius 3 is 2.81 bits per heavy atom. The van der Waals surface area contributed by atoms with Crippen molar-refractivity contribution in [1.29, 1.82) is 5.26 Å². The Morgan fingerprint density at radius 1 is 1.62 bits per heavy atom. The fourth-order valence-corrected chi connectivity index (χ4v) is 1.57. The van der Waals surface area contributed by atoms with Gasteiger partial charge in [-0.3, -0.25) is 0 Å². The minimum Gasteiger partial charge on any atom is -0.462 e. The van der Waals surface area contributed by atoms with Crippen LogP contribution in [-0.2, 0) is 11.3 Å². The molecule has 0 amide bonds. The molecule has 0 fully saturated rings. The highest BCUT2D eigenvalue weighted by molar-refractivity contribution is 7.80. The number of hydrogen-bond acceptors (Lipinski definition) is 5. The van der Waals surface area contributed by atoms with E-state index in [-0.39, 0.29) is 24.3 Å². The highest BCUT2D eigenvalue weighted by Crippen LogP contribution is 2.23. The fourth-order valence-electron chi connectivity index (χ4n) is 1.25. The van der Waals surface area contributed by atoms with E-state index < -0.39 is 5.97 Å². The third-order valence-corrected chi connectivity index (χ3v) is 2.55. The van der Waals surface area contributed by atoms with Gasteiger partial charge in [-0.05, 0) is 18.6 Å². The number of carbonyl (C=O) groups is 1. The number of aliphatic hydroxyl groups is 1. The zero-order chi connectivity index (χ0) is 12.1. The van der Waals surface area contributed by atoms with Crippen LogP contribution >= 0.6 is 12.6 Å². The van der Waals surface area contributed by atoms with Gasteiger partial charge in [-0.2, -0.15) is 5.26 Å². The second-order valence-electron chi connectivity index (χ2n) is 2.99. The summed E-state index contributed by atoms with van der Waals surface area (Å²) in [6.07, 6.45) is 0. The number of nitriles is 1. The number of thiol groups is 1. The maximum atomic E-state index is 11.5. The summed E-state index contributed by atoms with van der Waals surface area (Å²) in [7, 11) is 0. The Hall–Kier alpha value is -1.51. The fraction of sp³-hybridized carbons (Fsp3) is 0.273. The molecule has 1 aromatic carbocycles. The van der Waals surface area contributed by atoms with Crippen LogP contribution in [0.4, 0.5) is 0 Å². The molecule has 0 aliphatic rings. The summed E-state index contributed by atoms with van der Waals surface area (Å²) in [5.41, 5.74) is 0.813. The molecule has 4 nitrogen and oxygen atoms in total. The third kappa shape index (κ3) is 2.35. The van der Waals surface area contributed by atoms with Crippen molar-refractivity contribution in [3.05, 3.63) is 28.8 Å². The van der Waals surface area contributed by atoms with Gasteiger partial charge in [0, 0.05) is 4.90 Å². The van der Waals surface area contributed by atoms with E-state index in [4.69, 9.17) is 15.1 Å². The van der Waals surface area contributed by atoms with Crippen LogP contribution in [-0.4, -0.2) is 17.7 Å². The second kappa shape index (κ2) is 5.54. The van der Waals surface area contributed by atoms with Crippen LogP contribution in [0.15, 0.2) is 17.0 Å². The molecule has 0 radical (unpaired) electrons. The molecule has 84 valence electrons. The van der Waals surface area contributed by atoms with Crippen molar-refractivity contribution >= 4 is 18.6 Å². The van der Waals surface area contributed by atoms with E-state index in [1.165, 1.54) is 6.07 Å². The number of aliphatic hydroxyl groups excluding tert-OH is 1. The van der Waals surface area contributed by atoms with Crippen LogP contribution in [0, 0.1) is 11.3 Å². The predicted molar refractivity (Wildman–Crippen MR) is 60.3 cm³/mol. The van der Waals surface area contributed by atoms with Gasteiger partial charge in [0.2, 0.25) is 0 Å². The van der Waals surface area contributed by atoms with Crippen LogP contribution in [0.5, 0.6) is 0 Å². The van der Waals surface area contributed by atoms with Crippen molar-refractivity contribution in [1.82, 2.24) is 0 Å². The number of esters is 1. The average molecular weight is 237 g/mol. The first kappa shape index (κ1) is 12.6. The van der Waals surface area contributed by atoms with E-state index in [0.29, 0.717) is 10.5 Å². The molecule has 1 rings (SSSR count). The molecule has 0 saturated heterocycles. The molecule has 0 aromatic heterocycles. The van der Waals surface area contributed by atoms with E-state index in [0.717, 1.165) is 0 Å². The quantitative estimate of drug-likeness (QED) is 0.617. The van der Waals surface area contributed by atoms with Gasteiger partial charge in [0.25, 0.3) is 0 Å². The molecule has 0 heterocycles. The molecule has 0 bridgehead atoms. The standard InChI is InChI=1S/C11H11NO3S/c1-2-15-11(14)8-4-3-7(6-13)10(16)9(8)5-12/h3-4,13,16H,2,6H2,1H3. The minimum absolute atomic E-state index is 0.133. The van der Waals surface area contributed by atoms with Gasteiger partial charge < -0.3 is 9.84 Å². The van der Waals surface area contributed by atoms with Crippen LogP contribution in [0.1, 0.15) is 28.4 Å². The molecule has 0 aliphatic carbocycles. The van der Waals surface area contributed by atoms with Crippen molar-refractivity contribution in [2.75, 3.05) is 6.61 Å². The number of ether oxygens (including phenoxy) is 1. The lowest BCUT2D eigenvalue weighted by atomic mass is 10.0. The number of rotatable bonds is 3. The molecule has 0 spiro atoms. The highest BCUT2D eigenvalue weighted by atomic mass is 32.1. The van der Waals surface area contributed by atoms with Crippen molar-refractivity contribution < 1.29 is 14.6 Å². The van der Waals surface area contributed by atoms with Crippen molar-refractivity contribution in [2.24, 2.45) is 0 Å². The lowest BCUT2D eigenvalue weighted by Gasteiger charge is -2.08. The van der Waals surface area contributed by atoms with Gasteiger partial charge in [-0.25, -0.2) is 4.79 Å². The summed E-state index contributed by atoms with van der Waals surface area (Å²) in [6.45, 7) is 1.71. The van der Waals surface area contributed by atoms with E-state index in [1.54, 1.807) is 13.0 Å². The summed E-state index contributed by atoms with van der Waals surface area (Å²) in [5.74, 6) is -0.557. The largest absolute Gasteiger partial charge is 0.462 e. The molecule has 0 unspecified atom stereocenters. The van der Waals surface area contributed by atoms with Crippen molar-refractivity contribution in [3.8, 4) is 6.07 Å². The Kier molecular flexibility index (Phi) is 4.35. The predicted octanol–water partition coefficient (Wildman–Crippen LogP) is 1.52. The third-order valence-electron chi connectivity index (χ3n) is 2.04. The summed E-state index contributed by atoms with van der Waals surface area (Å²) in [5, 5.41) is 17.9. The lowest BCUT2D eigenvalue weighted by Crippen LogP contribution is -2.08. The number of nitrogens with zero attached hydrogens (tertiary/aromatic N) is 1. The monoisotopic (exact) mass is 237 g/mol. The Balaban J connectivity index is 3.27. The van der Waals surface area contributed by atoms with Gasteiger partial charge in [0.15, 0.2) is 0 Å².